The fourth-order valence-electron chi connectivity index (χ4n) is 3.47. The number of ether oxygens (including phenoxy) is 2. The summed E-state index contributed by atoms with van der Waals surface area (Å²) in [4.78, 5) is 26.2. The summed E-state index contributed by atoms with van der Waals surface area (Å²) < 4.78 is 38.4. The van der Waals surface area contributed by atoms with E-state index in [1.807, 2.05) is 7.05 Å². The van der Waals surface area contributed by atoms with Crippen molar-refractivity contribution in [3.8, 4) is 11.5 Å². The fraction of sp³-hybridized carbons (Fsp3) is 0.333. The van der Waals surface area contributed by atoms with Crippen LogP contribution >= 0.6 is 0 Å². The summed E-state index contributed by atoms with van der Waals surface area (Å²) in [5.74, 6) is -0.249. The van der Waals surface area contributed by atoms with E-state index in [4.69, 9.17) is 9.47 Å². The van der Waals surface area contributed by atoms with E-state index in [-0.39, 0.29) is 17.1 Å². The first-order valence-corrected chi connectivity index (χ1v) is 11.7. The molecule has 2 aliphatic heterocycles. The number of sulfonamides is 1. The molecule has 1 saturated heterocycles. The number of carbonyl (C=O) groups excluding carboxylic acids is 2. The van der Waals surface area contributed by atoms with Gasteiger partial charge in [-0.05, 0) is 30.3 Å². The third kappa shape index (κ3) is 4.69. The Morgan fingerprint density at radius 1 is 1.03 bits per heavy atom. The van der Waals surface area contributed by atoms with Crippen molar-refractivity contribution in [1.82, 2.24) is 15.2 Å². The monoisotopic (exact) mass is 461 g/mol. The normalized spacial score (nSPS) is 19.2. The van der Waals surface area contributed by atoms with Crippen molar-refractivity contribution in [2.75, 3.05) is 39.8 Å². The molecule has 11 heteroatoms. The second kappa shape index (κ2) is 9.15. The van der Waals surface area contributed by atoms with Gasteiger partial charge in [-0.2, -0.15) is 4.31 Å². The van der Waals surface area contributed by atoms with Crippen molar-refractivity contribution in [2.45, 2.75) is 11.0 Å². The number of para-hydroxylation sites is 2. The number of fused-ring (bicyclic) bond motifs is 1. The molecule has 2 heterocycles. The number of carbonyl (C=O) groups is 2. The Balaban J connectivity index is 1.37. The number of nitrogens with zero attached hydrogens (tertiary/aromatic N) is 1. The van der Waals surface area contributed by atoms with Crippen LogP contribution in [0.25, 0.3) is 0 Å². The Labute approximate surface area is 186 Å². The van der Waals surface area contributed by atoms with Crippen LogP contribution in [-0.4, -0.2) is 70.5 Å². The predicted octanol–water partition coefficient (Wildman–Crippen LogP) is -1.19. The SMILES string of the molecule is C[NH+]1CCN(S(=O)(=O)c2cccc(C(=O)NNC(=O)[C@@H]3COc4ccccc4O3)c2)CC1. The molecule has 0 aromatic heterocycles. The summed E-state index contributed by atoms with van der Waals surface area (Å²) in [6.07, 6.45) is -0.934. The van der Waals surface area contributed by atoms with E-state index in [0.29, 0.717) is 24.6 Å². The standard InChI is InChI=1S/C21H24N4O6S/c1-24-9-11-25(12-10-24)32(28,29)16-6-4-5-15(13-16)20(26)22-23-21(27)19-14-30-17-7-2-3-8-18(17)31-19/h2-8,13,19H,9-12,14H2,1H3,(H,22,26)(H,23,27)/p+1/t19-/m0/s1. The smallest absolute Gasteiger partial charge is 0.283 e. The van der Waals surface area contributed by atoms with Gasteiger partial charge in [0.15, 0.2) is 11.5 Å². The van der Waals surface area contributed by atoms with Crippen LogP contribution in [0.2, 0.25) is 0 Å². The maximum absolute atomic E-state index is 12.9. The van der Waals surface area contributed by atoms with Crippen molar-refractivity contribution in [2.24, 2.45) is 0 Å². The summed E-state index contributed by atoms with van der Waals surface area (Å²) in [6, 6.07) is 12.7. The van der Waals surface area contributed by atoms with Gasteiger partial charge in [0.05, 0.1) is 38.1 Å². The molecule has 0 aliphatic carbocycles. The van der Waals surface area contributed by atoms with Gasteiger partial charge in [-0.1, -0.05) is 18.2 Å². The highest BCUT2D eigenvalue weighted by atomic mass is 32.2. The van der Waals surface area contributed by atoms with Gasteiger partial charge in [0.1, 0.15) is 6.61 Å². The van der Waals surface area contributed by atoms with E-state index < -0.39 is 27.9 Å². The first kappa shape index (κ1) is 22.1. The van der Waals surface area contributed by atoms with Gasteiger partial charge in [-0.3, -0.25) is 20.4 Å². The second-order valence-electron chi connectivity index (χ2n) is 7.70. The average Bonchev–Trinajstić information content (AvgIpc) is 2.82. The lowest BCUT2D eigenvalue weighted by Crippen LogP contribution is -3.12. The maximum Gasteiger partial charge on any atom is 0.283 e. The highest BCUT2D eigenvalue weighted by Gasteiger charge is 2.30. The van der Waals surface area contributed by atoms with Gasteiger partial charge in [0.2, 0.25) is 16.1 Å². The third-order valence-corrected chi connectivity index (χ3v) is 7.30. The van der Waals surface area contributed by atoms with Crippen LogP contribution in [0.1, 0.15) is 10.4 Å². The van der Waals surface area contributed by atoms with Crippen molar-refractivity contribution < 1.29 is 32.4 Å². The number of amides is 2. The minimum Gasteiger partial charge on any atom is -0.485 e. The molecule has 3 N–H and O–H groups in total. The van der Waals surface area contributed by atoms with Crippen molar-refractivity contribution in [3.05, 3.63) is 54.1 Å². The Kier molecular flexibility index (Phi) is 6.31. The van der Waals surface area contributed by atoms with Crippen molar-refractivity contribution in [3.63, 3.8) is 0 Å². The molecule has 2 aromatic rings. The van der Waals surface area contributed by atoms with Crippen LogP contribution in [0.4, 0.5) is 0 Å². The zero-order chi connectivity index (χ0) is 22.7. The number of nitrogens with one attached hydrogen (secondary N) is 3. The molecular weight excluding hydrogens is 436 g/mol. The van der Waals surface area contributed by atoms with Crippen LogP contribution in [0, 0.1) is 0 Å². The Bertz CT molecular complexity index is 1110. The molecule has 2 amide bonds. The summed E-state index contributed by atoms with van der Waals surface area (Å²) in [7, 11) is -1.68. The highest BCUT2D eigenvalue weighted by Crippen LogP contribution is 2.30. The summed E-state index contributed by atoms with van der Waals surface area (Å²) in [5, 5.41) is 0. The molecule has 170 valence electrons. The largest absolute Gasteiger partial charge is 0.485 e. The molecule has 0 unspecified atom stereocenters. The highest BCUT2D eigenvalue weighted by molar-refractivity contribution is 7.89. The van der Waals surface area contributed by atoms with Crippen LogP contribution in [0.5, 0.6) is 11.5 Å². The lowest BCUT2D eigenvalue weighted by atomic mass is 10.2. The van der Waals surface area contributed by atoms with Crippen molar-refractivity contribution >= 4 is 21.8 Å². The van der Waals surface area contributed by atoms with E-state index in [0.717, 1.165) is 13.1 Å². The zero-order valence-corrected chi connectivity index (χ0v) is 18.4. The van der Waals surface area contributed by atoms with Crippen LogP contribution in [-0.2, 0) is 14.8 Å². The molecule has 32 heavy (non-hydrogen) atoms. The zero-order valence-electron chi connectivity index (χ0n) is 17.5. The van der Waals surface area contributed by atoms with Gasteiger partial charge >= 0.3 is 0 Å². The lowest BCUT2D eigenvalue weighted by Gasteiger charge is -2.29. The molecule has 10 nitrogen and oxygen atoms in total. The van der Waals surface area contributed by atoms with Gasteiger partial charge in [-0.15, -0.1) is 0 Å². The summed E-state index contributed by atoms with van der Waals surface area (Å²) in [5.41, 5.74) is 4.71. The van der Waals surface area contributed by atoms with E-state index in [2.05, 4.69) is 10.9 Å². The molecule has 0 spiro atoms. The van der Waals surface area contributed by atoms with E-state index in [9.17, 15) is 18.0 Å². The third-order valence-electron chi connectivity index (χ3n) is 5.41. The van der Waals surface area contributed by atoms with Gasteiger partial charge in [0, 0.05) is 5.56 Å². The molecule has 4 rings (SSSR count). The molecular formula is C21H25N4O6S+. The van der Waals surface area contributed by atoms with E-state index in [1.165, 1.54) is 33.5 Å². The number of benzene rings is 2. The molecule has 2 aliphatic rings. The van der Waals surface area contributed by atoms with E-state index >= 15 is 0 Å². The summed E-state index contributed by atoms with van der Waals surface area (Å²) in [6.45, 7) is 2.30. The number of likely N-dealkylation sites (N-methyl/N-ethyl adjacent to an activating group) is 1. The lowest BCUT2D eigenvalue weighted by molar-refractivity contribution is -0.883. The Morgan fingerprint density at radius 3 is 2.50 bits per heavy atom. The number of hydrogen-bond acceptors (Lipinski definition) is 6. The quantitative estimate of drug-likeness (QED) is 0.493. The molecule has 0 radical (unpaired) electrons. The first-order valence-electron chi connectivity index (χ1n) is 10.2. The van der Waals surface area contributed by atoms with Crippen LogP contribution < -0.4 is 25.2 Å². The number of quaternary nitrogens is 1. The number of hydrazine groups is 1. The molecule has 1 fully saturated rings. The number of rotatable bonds is 4. The molecule has 2 aromatic carbocycles. The topological polar surface area (TPSA) is 118 Å². The predicted molar refractivity (Wildman–Crippen MR) is 114 cm³/mol. The number of piperazine rings is 1. The molecule has 0 saturated carbocycles. The first-order chi connectivity index (χ1) is 15.3. The van der Waals surface area contributed by atoms with Crippen molar-refractivity contribution in [1.29, 1.82) is 0 Å². The Hall–Kier alpha value is -3.15. The van der Waals surface area contributed by atoms with Crippen LogP contribution in [0.3, 0.4) is 0 Å². The van der Waals surface area contributed by atoms with E-state index in [1.54, 1.807) is 24.3 Å². The number of hydrogen-bond donors (Lipinski definition) is 3. The fourth-order valence-corrected chi connectivity index (χ4v) is 4.96. The van der Waals surface area contributed by atoms with Gasteiger partial charge in [-0.25, -0.2) is 8.42 Å². The molecule has 1 atom stereocenters. The van der Waals surface area contributed by atoms with Crippen LogP contribution in [0.15, 0.2) is 53.4 Å². The molecule has 0 bridgehead atoms. The van der Waals surface area contributed by atoms with Gasteiger partial charge in [0.25, 0.3) is 11.8 Å². The Morgan fingerprint density at radius 2 is 1.75 bits per heavy atom. The van der Waals surface area contributed by atoms with Gasteiger partial charge < -0.3 is 14.4 Å². The average molecular weight is 462 g/mol. The summed E-state index contributed by atoms with van der Waals surface area (Å²) >= 11 is 0. The second-order valence-corrected chi connectivity index (χ2v) is 9.63. The minimum atomic E-state index is -3.70. The maximum atomic E-state index is 12.9. The minimum absolute atomic E-state index is 0.000810.